The highest BCUT2D eigenvalue weighted by Gasteiger charge is 2.15. The van der Waals surface area contributed by atoms with Crippen molar-refractivity contribution in [1.82, 2.24) is 0 Å². The van der Waals surface area contributed by atoms with Crippen molar-refractivity contribution in [2.75, 3.05) is 11.4 Å². The van der Waals surface area contributed by atoms with Crippen molar-refractivity contribution in [3.05, 3.63) is 65.5 Å². The molecule has 0 saturated carbocycles. The summed E-state index contributed by atoms with van der Waals surface area (Å²) in [5.41, 5.74) is 0.486. The zero-order valence-electron chi connectivity index (χ0n) is 11.6. The molecule has 0 heterocycles. The Labute approximate surface area is 125 Å². The van der Waals surface area contributed by atoms with E-state index >= 15 is 0 Å². The third kappa shape index (κ3) is 4.25. The normalized spacial score (nSPS) is 10.5. The van der Waals surface area contributed by atoms with Crippen LogP contribution in [0.3, 0.4) is 0 Å². The molecule has 0 aliphatic rings. The van der Waals surface area contributed by atoms with E-state index in [-0.39, 0.29) is 25.2 Å². The van der Waals surface area contributed by atoms with Gasteiger partial charge in [0.05, 0.1) is 12.1 Å². The Hall–Kier alpha value is -2.50. The molecular weight excluding hydrogens is 295 g/mol. The Balaban J connectivity index is 2.29. The van der Waals surface area contributed by atoms with Crippen molar-refractivity contribution in [2.45, 2.75) is 13.0 Å². The summed E-state index contributed by atoms with van der Waals surface area (Å²) >= 11 is 0. The number of carboxylic acid groups (broad SMARTS) is 1. The van der Waals surface area contributed by atoms with E-state index in [0.717, 1.165) is 18.2 Å². The van der Waals surface area contributed by atoms with Crippen LogP contribution in [0.25, 0.3) is 0 Å². The van der Waals surface area contributed by atoms with Crippen molar-refractivity contribution < 1.29 is 23.1 Å². The summed E-state index contributed by atoms with van der Waals surface area (Å²) in [4.78, 5) is 12.1. The topological polar surface area (TPSA) is 40.5 Å². The lowest BCUT2D eigenvalue weighted by molar-refractivity contribution is -0.136. The van der Waals surface area contributed by atoms with Crippen LogP contribution >= 0.6 is 0 Å². The molecule has 0 aromatic heterocycles. The molecule has 2 aromatic carbocycles. The maximum Gasteiger partial charge on any atom is 0.305 e. The Bertz CT molecular complexity index is 676. The van der Waals surface area contributed by atoms with Gasteiger partial charge in [0.25, 0.3) is 0 Å². The van der Waals surface area contributed by atoms with Crippen LogP contribution in [-0.2, 0) is 11.3 Å². The minimum atomic E-state index is -1.05. The lowest BCUT2D eigenvalue weighted by Crippen LogP contribution is -2.26. The number of nitrogens with zero attached hydrogens (tertiary/aromatic N) is 1. The molecule has 0 fully saturated rings. The van der Waals surface area contributed by atoms with Crippen molar-refractivity contribution in [1.29, 1.82) is 0 Å². The minimum Gasteiger partial charge on any atom is -0.481 e. The summed E-state index contributed by atoms with van der Waals surface area (Å²) in [6.07, 6.45) is -0.245. The number of benzene rings is 2. The monoisotopic (exact) mass is 309 g/mol. The van der Waals surface area contributed by atoms with Gasteiger partial charge in [0, 0.05) is 19.2 Å². The van der Waals surface area contributed by atoms with Crippen molar-refractivity contribution in [2.24, 2.45) is 0 Å². The molecule has 0 atom stereocenters. The van der Waals surface area contributed by atoms with Crippen LogP contribution in [0.4, 0.5) is 18.9 Å². The van der Waals surface area contributed by atoms with Gasteiger partial charge in [-0.15, -0.1) is 0 Å². The highest BCUT2D eigenvalue weighted by atomic mass is 19.1. The van der Waals surface area contributed by atoms with E-state index in [1.165, 1.54) is 23.1 Å². The predicted octanol–water partition coefficient (Wildman–Crippen LogP) is 3.59. The van der Waals surface area contributed by atoms with Crippen LogP contribution in [0.1, 0.15) is 12.0 Å². The number of carboxylic acids is 1. The second kappa shape index (κ2) is 6.98. The number of halogens is 3. The summed E-state index contributed by atoms with van der Waals surface area (Å²) in [5, 5.41) is 8.79. The molecule has 0 aliphatic carbocycles. The summed E-state index contributed by atoms with van der Waals surface area (Å²) in [6, 6.07) is 8.63. The lowest BCUT2D eigenvalue weighted by atomic mass is 10.1. The van der Waals surface area contributed by atoms with Crippen molar-refractivity contribution >= 4 is 11.7 Å². The van der Waals surface area contributed by atoms with E-state index in [1.54, 1.807) is 6.07 Å². The first-order chi connectivity index (χ1) is 10.5. The number of aliphatic carboxylic acids is 1. The molecule has 2 rings (SSSR count). The van der Waals surface area contributed by atoms with Gasteiger partial charge >= 0.3 is 5.97 Å². The molecule has 0 radical (unpaired) electrons. The second-order valence-corrected chi connectivity index (χ2v) is 4.79. The van der Waals surface area contributed by atoms with E-state index in [9.17, 15) is 18.0 Å². The average molecular weight is 309 g/mol. The average Bonchev–Trinajstić information content (AvgIpc) is 2.46. The maximum absolute atomic E-state index is 13.9. The predicted molar refractivity (Wildman–Crippen MR) is 76.1 cm³/mol. The molecule has 0 aliphatic heterocycles. The first kappa shape index (κ1) is 15.9. The van der Waals surface area contributed by atoms with Gasteiger partial charge < -0.3 is 10.0 Å². The first-order valence-corrected chi connectivity index (χ1v) is 6.62. The second-order valence-electron chi connectivity index (χ2n) is 4.79. The first-order valence-electron chi connectivity index (χ1n) is 6.62. The largest absolute Gasteiger partial charge is 0.481 e. The van der Waals surface area contributed by atoms with Crippen molar-refractivity contribution in [3.63, 3.8) is 0 Å². The lowest BCUT2D eigenvalue weighted by Gasteiger charge is -2.25. The van der Waals surface area contributed by atoms with E-state index in [2.05, 4.69) is 0 Å². The van der Waals surface area contributed by atoms with Crippen LogP contribution in [0.15, 0.2) is 42.5 Å². The molecule has 0 saturated heterocycles. The van der Waals surface area contributed by atoms with Gasteiger partial charge in [-0.1, -0.05) is 12.1 Å². The van der Waals surface area contributed by atoms with Gasteiger partial charge in [-0.05, 0) is 29.8 Å². The van der Waals surface area contributed by atoms with Gasteiger partial charge in [0.1, 0.15) is 17.5 Å². The van der Waals surface area contributed by atoms with Gasteiger partial charge in [-0.3, -0.25) is 4.79 Å². The number of hydrogen-bond acceptors (Lipinski definition) is 2. The van der Waals surface area contributed by atoms with E-state index in [4.69, 9.17) is 5.11 Å². The van der Waals surface area contributed by atoms with Crippen LogP contribution in [0.2, 0.25) is 0 Å². The molecule has 0 bridgehead atoms. The summed E-state index contributed by atoms with van der Waals surface area (Å²) < 4.78 is 40.5. The molecule has 3 nitrogen and oxygen atoms in total. The zero-order valence-corrected chi connectivity index (χ0v) is 11.6. The van der Waals surface area contributed by atoms with Crippen LogP contribution < -0.4 is 4.90 Å². The number of anilines is 1. The molecule has 0 spiro atoms. The summed E-state index contributed by atoms with van der Waals surface area (Å²) in [7, 11) is 0. The molecule has 116 valence electrons. The SMILES string of the molecule is O=C(O)CCN(Cc1cccc(F)c1)c1cc(F)ccc1F. The van der Waals surface area contributed by atoms with Gasteiger partial charge in [-0.2, -0.15) is 0 Å². The number of rotatable bonds is 6. The fourth-order valence-electron chi connectivity index (χ4n) is 2.10. The maximum atomic E-state index is 13.9. The summed E-state index contributed by atoms with van der Waals surface area (Å²) in [5.74, 6) is -2.80. The number of hydrogen-bond donors (Lipinski definition) is 1. The quantitative estimate of drug-likeness (QED) is 0.886. The third-order valence-corrected chi connectivity index (χ3v) is 3.11. The Morgan fingerprint density at radius 2 is 1.77 bits per heavy atom. The van der Waals surface area contributed by atoms with Crippen molar-refractivity contribution in [3.8, 4) is 0 Å². The molecule has 0 unspecified atom stereocenters. The molecule has 6 heteroatoms. The smallest absolute Gasteiger partial charge is 0.305 e. The molecule has 2 aromatic rings. The molecule has 0 amide bonds. The highest BCUT2D eigenvalue weighted by molar-refractivity contribution is 5.67. The zero-order chi connectivity index (χ0) is 16.1. The fraction of sp³-hybridized carbons (Fsp3) is 0.188. The number of carbonyl (C=O) groups is 1. The van der Waals surface area contributed by atoms with Crippen LogP contribution in [0.5, 0.6) is 0 Å². The minimum absolute atomic E-state index is 0.0216. The summed E-state index contributed by atoms with van der Waals surface area (Å²) in [6.45, 7) is 0.0532. The van der Waals surface area contributed by atoms with E-state index in [0.29, 0.717) is 5.56 Å². The van der Waals surface area contributed by atoms with Gasteiger partial charge in [-0.25, -0.2) is 13.2 Å². The van der Waals surface area contributed by atoms with E-state index < -0.39 is 23.4 Å². The molecular formula is C16H14F3NO2. The van der Waals surface area contributed by atoms with Gasteiger partial charge in [0.15, 0.2) is 0 Å². The van der Waals surface area contributed by atoms with Crippen LogP contribution in [-0.4, -0.2) is 17.6 Å². The molecule has 1 N–H and O–H groups in total. The Morgan fingerprint density at radius 3 is 2.45 bits per heavy atom. The molecule has 22 heavy (non-hydrogen) atoms. The van der Waals surface area contributed by atoms with Crippen LogP contribution in [0, 0.1) is 17.5 Å². The third-order valence-electron chi connectivity index (χ3n) is 3.11. The van der Waals surface area contributed by atoms with E-state index in [1.807, 2.05) is 0 Å². The Kier molecular flexibility index (Phi) is 5.04. The van der Waals surface area contributed by atoms with Gasteiger partial charge in [0.2, 0.25) is 0 Å². The standard InChI is InChI=1S/C16H14F3NO2/c17-12-3-1-2-11(8-12)10-20(7-6-16(21)22)15-9-13(18)4-5-14(15)19/h1-5,8-9H,6-7,10H2,(H,21,22). The Morgan fingerprint density at radius 1 is 1.05 bits per heavy atom. The fourth-order valence-corrected chi connectivity index (χ4v) is 2.10. The highest BCUT2D eigenvalue weighted by Crippen LogP contribution is 2.23.